The summed E-state index contributed by atoms with van der Waals surface area (Å²) < 4.78 is 15.6. The second-order valence-corrected chi connectivity index (χ2v) is 6.79. The van der Waals surface area contributed by atoms with Gasteiger partial charge in [0, 0.05) is 13.1 Å². The van der Waals surface area contributed by atoms with Crippen LogP contribution in [-0.2, 0) is 27.3 Å². The zero-order chi connectivity index (χ0) is 30.6. The molecule has 21 nitrogen and oxygen atoms in total. The number of H-pyrrole nitrogens is 1. The number of hydrogen-bond donors (Lipinski definition) is 1. The van der Waals surface area contributed by atoms with Crippen molar-refractivity contribution in [3.8, 4) is 0 Å². The summed E-state index contributed by atoms with van der Waals surface area (Å²) in [4.78, 5) is 62.3. The number of aromatic nitrogens is 6. The number of rotatable bonds is 8. The van der Waals surface area contributed by atoms with E-state index in [2.05, 4.69) is 34.6 Å². The third-order valence-corrected chi connectivity index (χ3v) is 4.54. The number of esters is 3. The maximum Gasteiger partial charge on any atom is 0.365 e. The summed E-state index contributed by atoms with van der Waals surface area (Å²) in [5.41, 5.74) is -1.69. The van der Waals surface area contributed by atoms with Crippen molar-refractivity contribution in [3.05, 3.63) is 66.0 Å². The van der Waals surface area contributed by atoms with E-state index in [1.165, 1.54) is 22.7 Å². The number of carbonyl (C=O) groups excluding carboxylic acids is 3. The zero-order valence-electron chi connectivity index (χ0n) is 21.6. The van der Waals surface area contributed by atoms with E-state index >= 15 is 0 Å². The third kappa shape index (κ3) is 7.87. The Balaban J connectivity index is 0.000000301. The van der Waals surface area contributed by atoms with E-state index < -0.39 is 32.7 Å². The van der Waals surface area contributed by atoms with E-state index in [1.54, 1.807) is 13.8 Å². The predicted octanol–water partition coefficient (Wildman–Crippen LogP) is 1.30. The first kappa shape index (κ1) is 32.3. The lowest BCUT2D eigenvalue weighted by atomic mass is 10.3. The standard InChI is InChI=1S/2C7H9N3O4.C5H5N3O4/c1-3-9-4-5(10(12)13)6(8-9)7(11)14-2;1-3-9-6(7(11)14-2)5(4-8-9)10(12)13;1-12-5(9)4-3(8(10)11)2-6-7-4/h2*4H,3H2,1-2H3;2H,1H3,(H,6,7). The average molecular weight is 569 g/mol. The average Bonchev–Trinajstić information content (AvgIpc) is 3.70. The molecule has 0 aliphatic heterocycles. The predicted molar refractivity (Wildman–Crippen MR) is 128 cm³/mol. The Labute approximate surface area is 223 Å². The van der Waals surface area contributed by atoms with Crippen LogP contribution in [-0.4, -0.2) is 83.8 Å². The van der Waals surface area contributed by atoms with Crippen LogP contribution in [0.1, 0.15) is 45.3 Å². The monoisotopic (exact) mass is 569 g/mol. The molecule has 0 amide bonds. The van der Waals surface area contributed by atoms with E-state index in [0.29, 0.717) is 13.1 Å². The molecular weight excluding hydrogens is 546 g/mol. The van der Waals surface area contributed by atoms with Gasteiger partial charge in [-0.1, -0.05) is 0 Å². The SMILES string of the molecule is CCn1cc([N+](=O)[O-])c(C(=O)OC)n1.CCn1ncc([N+](=O)[O-])c1C(=O)OC.COC(=O)c1[nH]ncc1[N+](=O)[O-]. The van der Waals surface area contributed by atoms with Gasteiger partial charge in [-0.25, -0.2) is 14.4 Å². The first-order valence-electron chi connectivity index (χ1n) is 10.7. The van der Waals surface area contributed by atoms with Crippen LogP contribution in [0.15, 0.2) is 18.6 Å². The van der Waals surface area contributed by atoms with Crippen molar-refractivity contribution in [2.45, 2.75) is 26.9 Å². The van der Waals surface area contributed by atoms with Crippen LogP contribution in [0.4, 0.5) is 17.1 Å². The van der Waals surface area contributed by atoms with Gasteiger partial charge < -0.3 is 14.2 Å². The molecule has 0 atom stereocenters. The molecule has 0 fully saturated rings. The first-order valence-corrected chi connectivity index (χ1v) is 10.7. The first-order chi connectivity index (χ1) is 18.9. The van der Waals surface area contributed by atoms with Crippen molar-refractivity contribution in [2.24, 2.45) is 0 Å². The molecule has 0 saturated carbocycles. The van der Waals surface area contributed by atoms with E-state index in [0.717, 1.165) is 26.6 Å². The van der Waals surface area contributed by atoms with E-state index in [9.17, 15) is 44.7 Å². The number of nitrogens with zero attached hydrogens (tertiary/aromatic N) is 8. The van der Waals surface area contributed by atoms with Crippen LogP contribution in [0.3, 0.4) is 0 Å². The van der Waals surface area contributed by atoms with Gasteiger partial charge in [0.05, 0.1) is 36.1 Å². The van der Waals surface area contributed by atoms with Crippen LogP contribution in [0.25, 0.3) is 0 Å². The molecule has 0 saturated heterocycles. The lowest BCUT2D eigenvalue weighted by molar-refractivity contribution is -0.385. The smallest absolute Gasteiger partial charge is 0.365 e. The van der Waals surface area contributed by atoms with Crippen molar-refractivity contribution in [2.75, 3.05) is 21.3 Å². The molecule has 216 valence electrons. The van der Waals surface area contributed by atoms with Gasteiger partial charge in [0.15, 0.2) is 0 Å². The van der Waals surface area contributed by atoms with Gasteiger partial charge in [-0.3, -0.25) is 44.8 Å². The summed E-state index contributed by atoms with van der Waals surface area (Å²) >= 11 is 0. The highest BCUT2D eigenvalue weighted by atomic mass is 16.6. The quantitative estimate of drug-likeness (QED) is 0.173. The Morgan fingerprint density at radius 2 is 1.38 bits per heavy atom. The molecule has 1 N–H and O–H groups in total. The van der Waals surface area contributed by atoms with Crippen LogP contribution in [0, 0.1) is 30.3 Å². The molecule has 3 aromatic heterocycles. The molecule has 0 bridgehead atoms. The topological polar surface area (TPSA) is 273 Å². The molecule has 0 aliphatic carbocycles. The maximum atomic E-state index is 11.2. The molecule has 0 spiro atoms. The largest absolute Gasteiger partial charge is 0.464 e. The van der Waals surface area contributed by atoms with Gasteiger partial charge in [0.25, 0.3) is 0 Å². The molecule has 3 aromatic rings. The lowest BCUT2D eigenvalue weighted by Crippen LogP contribution is -2.12. The Kier molecular flexibility index (Phi) is 12.0. The number of aryl methyl sites for hydroxylation is 2. The van der Waals surface area contributed by atoms with Crippen molar-refractivity contribution in [3.63, 3.8) is 0 Å². The number of nitrogens with one attached hydrogen (secondary N) is 1. The Morgan fingerprint density at radius 1 is 0.825 bits per heavy atom. The van der Waals surface area contributed by atoms with Crippen molar-refractivity contribution < 1.29 is 43.4 Å². The minimum atomic E-state index is -0.806. The summed E-state index contributed by atoms with van der Waals surface area (Å²) in [6.07, 6.45) is 3.19. The number of aromatic amines is 1. The van der Waals surface area contributed by atoms with Gasteiger partial charge in [0.2, 0.25) is 17.1 Å². The highest BCUT2D eigenvalue weighted by molar-refractivity contribution is 5.92. The molecule has 21 heteroatoms. The zero-order valence-corrected chi connectivity index (χ0v) is 21.6. The van der Waals surface area contributed by atoms with Gasteiger partial charge in [0.1, 0.15) is 18.6 Å². The summed E-state index contributed by atoms with van der Waals surface area (Å²) in [6.45, 7) is 4.32. The van der Waals surface area contributed by atoms with Crippen LogP contribution in [0.5, 0.6) is 0 Å². The Morgan fingerprint density at radius 3 is 1.82 bits per heavy atom. The van der Waals surface area contributed by atoms with Crippen molar-refractivity contribution in [1.82, 2.24) is 29.8 Å². The molecule has 0 unspecified atom stereocenters. The number of ether oxygens (including phenoxy) is 3. The van der Waals surface area contributed by atoms with Gasteiger partial charge >= 0.3 is 35.0 Å². The normalized spacial score (nSPS) is 9.72. The highest BCUT2D eigenvalue weighted by Crippen LogP contribution is 2.19. The summed E-state index contributed by atoms with van der Waals surface area (Å²) in [7, 11) is 3.45. The van der Waals surface area contributed by atoms with Gasteiger partial charge in [-0.05, 0) is 13.8 Å². The Hall–Kier alpha value is -5.76. The van der Waals surface area contributed by atoms with Crippen molar-refractivity contribution in [1.29, 1.82) is 0 Å². The minimum Gasteiger partial charge on any atom is -0.464 e. The Bertz CT molecular complexity index is 1380. The summed E-state index contributed by atoms with van der Waals surface area (Å²) in [6, 6.07) is 0. The van der Waals surface area contributed by atoms with E-state index in [1.807, 2.05) is 0 Å². The maximum absolute atomic E-state index is 11.2. The van der Waals surface area contributed by atoms with Gasteiger partial charge in [-0.15, -0.1) is 0 Å². The molecule has 3 rings (SSSR count). The molecule has 0 radical (unpaired) electrons. The van der Waals surface area contributed by atoms with Gasteiger partial charge in [-0.2, -0.15) is 15.3 Å². The van der Waals surface area contributed by atoms with E-state index in [-0.39, 0.29) is 34.1 Å². The number of nitro groups is 3. The molecule has 40 heavy (non-hydrogen) atoms. The van der Waals surface area contributed by atoms with E-state index in [4.69, 9.17) is 0 Å². The second kappa shape index (κ2) is 14.8. The minimum absolute atomic E-state index is 0.125. The van der Waals surface area contributed by atoms with Crippen molar-refractivity contribution >= 4 is 35.0 Å². The van der Waals surface area contributed by atoms with Crippen LogP contribution in [0.2, 0.25) is 0 Å². The van der Waals surface area contributed by atoms with Crippen LogP contribution < -0.4 is 0 Å². The van der Waals surface area contributed by atoms with Crippen LogP contribution >= 0.6 is 0 Å². The third-order valence-electron chi connectivity index (χ3n) is 4.54. The molecule has 0 aliphatic rings. The molecular formula is C19H23N9O12. The summed E-state index contributed by atoms with van der Waals surface area (Å²) in [5.74, 6) is -2.36. The highest BCUT2D eigenvalue weighted by Gasteiger charge is 2.27. The fourth-order valence-corrected chi connectivity index (χ4v) is 2.67. The molecule has 0 aromatic carbocycles. The second-order valence-electron chi connectivity index (χ2n) is 6.79. The summed E-state index contributed by atoms with van der Waals surface area (Å²) in [5, 5.41) is 44.2. The lowest BCUT2D eigenvalue weighted by Gasteiger charge is -2.00. The fourth-order valence-electron chi connectivity index (χ4n) is 2.67. The number of hydrogen-bond acceptors (Lipinski definition) is 15. The number of methoxy groups -OCH3 is 3. The fraction of sp³-hybridized carbons (Fsp3) is 0.368. The molecule has 3 heterocycles. The number of carbonyl (C=O) groups is 3.